The lowest BCUT2D eigenvalue weighted by Crippen LogP contribution is -2.19. The van der Waals surface area contributed by atoms with E-state index in [4.69, 9.17) is 9.15 Å². The number of rotatable bonds is 8. The predicted octanol–water partition coefficient (Wildman–Crippen LogP) is 3.33. The van der Waals surface area contributed by atoms with Crippen LogP contribution in [0.4, 0.5) is 5.82 Å². The van der Waals surface area contributed by atoms with Crippen LogP contribution in [0, 0.1) is 25.2 Å². The fraction of sp³-hybridized carbons (Fsp3) is 0.227. The number of carbonyl (C=O) groups excluding carboxylic acids is 1. The number of hydrogen-bond acceptors (Lipinski definition) is 8. The Balaban J connectivity index is 1.53. The van der Waals surface area contributed by atoms with Gasteiger partial charge in [-0.25, -0.2) is 0 Å². The minimum absolute atomic E-state index is 0.0460. The first-order valence-corrected chi connectivity index (χ1v) is 11.0. The van der Waals surface area contributed by atoms with Crippen LogP contribution in [0.15, 0.2) is 52.2 Å². The van der Waals surface area contributed by atoms with E-state index in [0.717, 1.165) is 17.0 Å². The lowest BCUT2D eigenvalue weighted by atomic mass is 10.2. The van der Waals surface area contributed by atoms with E-state index in [2.05, 4.69) is 26.9 Å². The van der Waals surface area contributed by atoms with Crippen molar-refractivity contribution in [1.29, 1.82) is 5.26 Å². The summed E-state index contributed by atoms with van der Waals surface area (Å²) in [6, 6.07) is 13.2. The molecular formula is C22H21N7O3S. The molecule has 168 valence electrons. The second kappa shape index (κ2) is 9.62. The third-order valence-corrected chi connectivity index (χ3v) is 6.10. The average molecular weight is 464 g/mol. The van der Waals surface area contributed by atoms with Gasteiger partial charge >= 0.3 is 0 Å². The lowest BCUT2D eigenvalue weighted by molar-refractivity contribution is -0.113. The Morgan fingerprint density at radius 2 is 2.09 bits per heavy atom. The lowest BCUT2D eigenvalue weighted by Gasteiger charge is -2.12. The number of aromatic nitrogens is 5. The number of nitriles is 1. The number of hydrogen-bond donors (Lipinski definition) is 1. The first-order chi connectivity index (χ1) is 16.0. The number of benzene rings is 1. The summed E-state index contributed by atoms with van der Waals surface area (Å²) in [6.07, 6.45) is 1.59. The van der Waals surface area contributed by atoms with Crippen molar-refractivity contribution in [2.75, 3.05) is 18.2 Å². The number of methoxy groups -OCH3 is 1. The van der Waals surface area contributed by atoms with E-state index in [1.54, 1.807) is 25.5 Å². The zero-order chi connectivity index (χ0) is 23.4. The Kier molecular flexibility index (Phi) is 6.46. The molecule has 1 amide bonds. The molecule has 4 aromatic rings. The maximum absolute atomic E-state index is 12.8. The van der Waals surface area contributed by atoms with Gasteiger partial charge in [-0.15, -0.1) is 5.10 Å². The molecule has 1 N–H and O–H groups in total. The number of para-hydroxylation sites is 2. The number of anilines is 1. The summed E-state index contributed by atoms with van der Waals surface area (Å²) in [7, 11) is 1.57. The quantitative estimate of drug-likeness (QED) is 0.395. The van der Waals surface area contributed by atoms with Crippen LogP contribution >= 0.6 is 11.8 Å². The molecule has 11 heteroatoms. The zero-order valence-electron chi connectivity index (χ0n) is 18.3. The minimum atomic E-state index is -0.288. The smallest absolute Gasteiger partial charge is 0.235 e. The highest BCUT2D eigenvalue weighted by Gasteiger charge is 2.21. The Labute approximate surface area is 194 Å². The molecule has 4 rings (SSSR count). The van der Waals surface area contributed by atoms with Crippen LogP contribution in [0.2, 0.25) is 0 Å². The Bertz CT molecular complexity index is 1320. The van der Waals surface area contributed by atoms with E-state index in [0.29, 0.717) is 34.5 Å². The Hall–Kier alpha value is -4.04. The summed E-state index contributed by atoms with van der Waals surface area (Å²) in [5, 5.41) is 24.8. The second-order valence-corrected chi connectivity index (χ2v) is 8.04. The van der Waals surface area contributed by atoms with Gasteiger partial charge in [0.05, 0.1) is 31.2 Å². The maximum Gasteiger partial charge on any atom is 0.235 e. The number of amides is 1. The van der Waals surface area contributed by atoms with Crippen molar-refractivity contribution in [3.8, 4) is 17.5 Å². The minimum Gasteiger partial charge on any atom is -0.494 e. The summed E-state index contributed by atoms with van der Waals surface area (Å²) in [5.74, 6) is 1.53. The molecule has 0 aliphatic heterocycles. The van der Waals surface area contributed by atoms with Crippen LogP contribution in [0.1, 0.15) is 22.6 Å². The van der Waals surface area contributed by atoms with Crippen LogP contribution in [0.25, 0.3) is 5.69 Å². The van der Waals surface area contributed by atoms with Crippen LogP contribution in [0.3, 0.4) is 0 Å². The molecule has 0 saturated heterocycles. The Morgan fingerprint density at radius 1 is 1.27 bits per heavy atom. The number of nitrogens with zero attached hydrogens (tertiary/aromatic N) is 6. The van der Waals surface area contributed by atoms with E-state index in [-0.39, 0.29) is 11.7 Å². The van der Waals surface area contributed by atoms with Crippen LogP contribution in [0.5, 0.6) is 5.75 Å². The molecule has 0 saturated carbocycles. The molecule has 3 heterocycles. The summed E-state index contributed by atoms with van der Waals surface area (Å²) in [6.45, 7) is 4.17. The van der Waals surface area contributed by atoms with Crippen molar-refractivity contribution in [3.05, 3.63) is 65.2 Å². The third kappa shape index (κ3) is 4.47. The summed E-state index contributed by atoms with van der Waals surface area (Å²) >= 11 is 1.18. The molecule has 0 bridgehead atoms. The van der Waals surface area contributed by atoms with E-state index < -0.39 is 0 Å². The molecule has 0 spiro atoms. The van der Waals surface area contributed by atoms with Crippen LogP contribution in [-0.2, 0) is 11.3 Å². The summed E-state index contributed by atoms with van der Waals surface area (Å²) < 4.78 is 14.2. The average Bonchev–Trinajstić information content (AvgIpc) is 3.56. The monoisotopic (exact) mass is 463 g/mol. The van der Waals surface area contributed by atoms with Crippen LogP contribution < -0.4 is 10.1 Å². The molecule has 1 aromatic carbocycles. The highest BCUT2D eigenvalue weighted by Crippen LogP contribution is 2.29. The topological polar surface area (TPSA) is 124 Å². The number of nitrogens with one attached hydrogen (secondary N) is 1. The number of carbonyl (C=O) groups is 1. The molecule has 0 radical (unpaired) electrons. The molecule has 0 fully saturated rings. The number of tetrazole rings is 1. The second-order valence-electron chi connectivity index (χ2n) is 7.09. The molecule has 10 nitrogen and oxygen atoms in total. The van der Waals surface area contributed by atoms with Crippen LogP contribution in [-0.4, -0.2) is 43.5 Å². The van der Waals surface area contributed by atoms with Gasteiger partial charge in [0.2, 0.25) is 11.1 Å². The maximum atomic E-state index is 12.8. The first kappa shape index (κ1) is 22.2. The fourth-order valence-corrected chi connectivity index (χ4v) is 4.09. The molecule has 0 aliphatic carbocycles. The van der Waals surface area contributed by atoms with Crippen molar-refractivity contribution < 1.29 is 13.9 Å². The van der Waals surface area contributed by atoms with Crippen molar-refractivity contribution in [3.63, 3.8) is 0 Å². The van der Waals surface area contributed by atoms with Gasteiger partial charge in [-0.05, 0) is 54.1 Å². The molecule has 0 atom stereocenters. The number of ether oxygens (including phenoxy) is 1. The van der Waals surface area contributed by atoms with Crippen molar-refractivity contribution in [1.82, 2.24) is 24.8 Å². The third-order valence-electron chi connectivity index (χ3n) is 5.18. The largest absolute Gasteiger partial charge is 0.494 e. The SMILES string of the molecule is COc1ccccc1-n1nnnc1SCC(=O)Nc1c(C#N)c(C)c(C)n1Cc1ccco1. The highest BCUT2D eigenvalue weighted by atomic mass is 32.2. The number of thioether (sulfide) groups is 1. The molecule has 0 aliphatic rings. The van der Waals surface area contributed by atoms with Gasteiger partial charge in [-0.2, -0.15) is 9.94 Å². The van der Waals surface area contributed by atoms with Gasteiger partial charge in [-0.1, -0.05) is 23.9 Å². The van der Waals surface area contributed by atoms with E-state index in [9.17, 15) is 10.1 Å². The van der Waals surface area contributed by atoms with Gasteiger partial charge in [-0.3, -0.25) is 4.79 Å². The van der Waals surface area contributed by atoms with Crippen molar-refractivity contribution in [2.24, 2.45) is 0 Å². The van der Waals surface area contributed by atoms with Crippen molar-refractivity contribution >= 4 is 23.5 Å². The zero-order valence-corrected chi connectivity index (χ0v) is 19.1. The highest BCUT2D eigenvalue weighted by molar-refractivity contribution is 7.99. The fourth-order valence-electron chi connectivity index (χ4n) is 3.41. The summed E-state index contributed by atoms with van der Waals surface area (Å²) in [4.78, 5) is 12.8. The van der Waals surface area contributed by atoms with Gasteiger partial charge in [0.25, 0.3) is 0 Å². The molecular weight excluding hydrogens is 442 g/mol. The normalized spacial score (nSPS) is 10.7. The van der Waals surface area contributed by atoms with E-state index >= 15 is 0 Å². The summed E-state index contributed by atoms with van der Waals surface area (Å²) in [5.41, 5.74) is 2.78. The van der Waals surface area contributed by atoms with E-state index in [1.165, 1.54) is 16.4 Å². The standard InChI is InChI=1S/C22H21N7O3S/c1-14-15(2)28(12-16-7-6-10-32-16)21(17(14)11-23)24-20(30)13-33-22-25-26-27-29(22)18-8-4-5-9-19(18)31-3/h4-10H,12-13H2,1-3H3,(H,24,30). The Morgan fingerprint density at radius 3 is 2.82 bits per heavy atom. The van der Waals surface area contributed by atoms with Gasteiger partial charge in [0.1, 0.15) is 29.1 Å². The molecule has 0 unspecified atom stereocenters. The number of furan rings is 1. The van der Waals surface area contributed by atoms with Gasteiger partial charge < -0.3 is 19.0 Å². The predicted molar refractivity (Wildman–Crippen MR) is 121 cm³/mol. The molecule has 33 heavy (non-hydrogen) atoms. The van der Waals surface area contributed by atoms with Gasteiger partial charge in [0, 0.05) is 5.69 Å². The first-order valence-electron chi connectivity index (χ1n) is 10.00. The van der Waals surface area contributed by atoms with E-state index in [1.807, 2.05) is 42.7 Å². The molecule has 3 aromatic heterocycles. The van der Waals surface area contributed by atoms with Crippen molar-refractivity contribution in [2.45, 2.75) is 25.5 Å². The van der Waals surface area contributed by atoms with Gasteiger partial charge in [0.15, 0.2) is 0 Å².